The molecule has 2 heterocycles. The molecule has 1 saturated carbocycles. The molecule has 1 aliphatic carbocycles. The zero-order chi connectivity index (χ0) is 21.5. The molecule has 0 radical (unpaired) electrons. The number of H-pyrrole nitrogens is 1. The van der Waals surface area contributed by atoms with Crippen molar-refractivity contribution >= 4 is 22.8 Å². The van der Waals surface area contributed by atoms with Gasteiger partial charge in [-0.1, -0.05) is 26.8 Å². The second-order valence-electron chi connectivity index (χ2n) is 8.97. The summed E-state index contributed by atoms with van der Waals surface area (Å²) in [6, 6.07) is 9.61. The number of pyridine rings is 1. The van der Waals surface area contributed by atoms with Crippen molar-refractivity contribution in [3.8, 4) is 0 Å². The first-order valence-electron chi connectivity index (χ1n) is 10.4. The highest BCUT2D eigenvalue weighted by atomic mass is 16.1. The Morgan fingerprint density at radius 1 is 1.30 bits per heavy atom. The average Bonchev–Trinajstić information content (AvgIpc) is 3.46. The quantitative estimate of drug-likeness (QED) is 0.386. The van der Waals surface area contributed by atoms with Crippen molar-refractivity contribution in [3.05, 3.63) is 59.0 Å². The van der Waals surface area contributed by atoms with Gasteiger partial charge in [0.25, 0.3) is 5.91 Å². The molecular formula is C23H28N6O. The van der Waals surface area contributed by atoms with Gasteiger partial charge < -0.3 is 10.3 Å². The van der Waals surface area contributed by atoms with Gasteiger partial charge in [-0.25, -0.2) is 4.98 Å². The molecule has 0 unspecified atom stereocenters. The molecule has 3 aromatic rings. The number of aromatic amines is 1. The predicted octanol–water partition coefficient (Wildman–Crippen LogP) is 3.35. The molecule has 1 fully saturated rings. The molecule has 0 atom stereocenters. The van der Waals surface area contributed by atoms with E-state index in [0.29, 0.717) is 18.8 Å². The SMILES string of the molecule is CC(C)(C)c1ccc2nc(CCNC(=O)c3cccn(C(=N)C4CC4)c3=N)[nH]c2c1. The fourth-order valence-electron chi connectivity index (χ4n) is 3.48. The van der Waals surface area contributed by atoms with Gasteiger partial charge in [-0.15, -0.1) is 0 Å². The number of hydrogen-bond donors (Lipinski definition) is 4. The minimum atomic E-state index is -0.302. The van der Waals surface area contributed by atoms with Crippen LogP contribution in [0, 0.1) is 16.7 Å². The summed E-state index contributed by atoms with van der Waals surface area (Å²) >= 11 is 0. The van der Waals surface area contributed by atoms with Crippen molar-refractivity contribution < 1.29 is 4.79 Å². The van der Waals surface area contributed by atoms with Crippen molar-refractivity contribution in [1.82, 2.24) is 19.9 Å². The second kappa shape index (κ2) is 7.55. The summed E-state index contributed by atoms with van der Waals surface area (Å²) < 4.78 is 1.50. The molecular weight excluding hydrogens is 376 g/mol. The molecule has 2 aromatic heterocycles. The molecule has 4 rings (SSSR count). The maximum Gasteiger partial charge on any atom is 0.255 e. The Labute approximate surface area is 175 Å². The highest BCUT2D eigenvalue weighted by molar-refractivity contribution is 5.95. The Balaban J connectivity index is 1.42. The molecule has 0 spiro atoms. The Kier molecular flexibility index (Phi) is 5.05. The van der Waals surface area contributed by atoms with E-state index in [9.17, 15) is 4.79 Å². The lowest BCUT2D eigenvalue weighted by Crippen LogP contribution is -2.36. The fraction of sp³-hybridized carbons (Fsp3) is 0.391. The molecule has 7 nitrogen and oxygen atoms in total. The van der Waals surface area contributed by atoms with E-state index in [1.807, 2.05) is 6.07 Å². The fourth-order valence-corrected chi connectivity index (χ4v) is 3.48. The van der Waals surface area contributed by atoms with Gasteiger partial charge in [0.05, 0.1) is 16.6 Å². The van der Waals surface area contributed by atoms with E-state index >= 15 is 0 Å². The van der Waals surface area contributed by atoms with Gasteiger partial charge >= 0.3 is 0 Å². The summed E-state index contributed by atoms with van der Waals surface area (Å²) in [6.07, 6.45) is 4.22. The largest absolute Gasteiger partial charge is 0.351 e. The number of hydrogen-bond acceptors (Lipinski definition) is 4. The first-order chi connectivity index (χ1) is 14.2. The highest BCUT2D eigenvalue weighted by Crippen LogP contribution is 2.30. The number of aromatic nitrogens is 3. The molecule has 1 aliphatic rings. The molecule has 4 N–H and O–H groups in total. The third-order valence-corrected chi connectivity index (χ3v) is 5.51. The number of benzene rings is 1. The van der Waals surface area contributed by atoms with E-state index in [-0.39, 0.29) is 28.3 Å². The second-order valence-corrected chi connectivity index (χ2v) is 8.97. The van der Waals surface area contributed by atoms with Gasteiger partial charge in [0.15, 0.2) is 0 Å². The standard InChI is InChI=1S/C23H28N6O/c1-23(2,3)15-8-9-17-18(13-15)28-19(27-17)10-11-26-22(30)16-5-4-12-29(21(16)25)20(24)14-6-7-14/h4-5,8-9,12-14,24-25H,6-7,10-11H2,1-3H3,(H,26,30)(H,27,28). The Bertz CT molecular complexity index is 1180. The van der Waals surface area contributed by atoms with E-state index in [0.717, 1.165) is 29.7 Å². The number of fused-ring (bicyclic) bond motifs is 1. The number of nitrogens with zero attached hydrogens (tertiary/aromatic N) is 2. The number of nitrogens with one attached hydrogen (secondary N) is 4. The number of rotatable bonds is 5. The predicted molar refractivity (Wildman–Crippen MR) is 117 cm³/mol. The van der Waals surface area contributed by atoms with Crippen LogP contribution in [0.4, 0.5) is 0 Å². The molecule has 0 aliphatic heterocycles. The third kappa shape index (κ3) is 4.06. The van der Waals surface area contributed by atoms with Crippen molar-refractivity contribution in [2.75, 3.05) is 6.54 Å². The van der Waals surface area contributed by atoms with Gasteiger partial charge in [-0.2, -0.15) is 0 Å². The summed E-state index contributed by atoms with van der Waals surface area (Å²) in [4.78, 5) is 20.6. The summed E-state index contributed by atoms with van der Waals surface area (Å²) in [7, 11) is 0. The summed E-state index contributed by atoms with van der Waals surface area (Å²) in [5, 5.41) is 19.4. The lowest BCUT2D eigenvalue weighted by molar-refractivity contribution is 0.0951. The lowest BCUT2D eigenvalue weighted by atomic mass is 9.87. The minimum absolute atomic E-state index is 0.0605. The van der Waals surface area contributed by atoms with Crippen molar-refractivity contribution in [2.45, 2.75) is 45.4 Å². The summed E-state index contributed by atoms with van der Waals surface area (Å²) in [5.41, 5.74) is 3.58. The molecule has 0 saturated heterocycles. The third-order valence-electron chi connectivity index (χ3n) is 5.51. The van der Waals surface area contributed by atoms with Gasteiger partial charge in [-0.05, 0) is 48.1 Å². The normalized spacial score (nSPS) is 14.1. The van der Waals surface area contributed by atoms with Crippen molar-refractivity contribution in [3.63, 3.8) is 0 Å². The Morgan fingerprint density at radius 2 is 2.07 bits per heavy atom. The van der Waals surface area contributed by atoms with Crippen LogP contribution >= 0.6 is 0 Å². The van der Waals surface area contributed by atoms with Gasteiger partial charge in [-0.3, -0.25) is 20.2 Å². The average molecular weight is 405 g/mol. The van der Waals surface area contributed by atoms with E-state index in [1.54, 1.807) is 18.3 Å². The van der Waals surface area contributed by atoms with Gasteiger partial charge in [0.2, 0.25) is 0 Å². The van der Waals surface area contributed by atoms with Crippen LogP contribution in [-0.4, -0.2) is 32.8 Å². The lowest BCUT2D eigenvalue weighted by Gasteiger charge is -2.18. The van der Waals surface area contributed by atoms with Crippen LogP contribution in [-0.2, 0) is 11.8 Å². The van der Waals surface area contributed by atoms with Crippen LogP contribution in [0.1, 0.15) is 55.4 Å². The molecule has 30 heavy (non-hydrogen) atoms. The Morgan fingerprint density at radius 3 is 2.77 bits per heavy atom. The zero-order valence-electron chi connectivity index (χ0n) is 17.7. The van der Waals surface area contributed by atoms with Crippen LogP contribution in [0.5, 0.6) is 0 Å². The van der Waals surface area contributed by atoms with E-state index < -0.39 is 0 Å². The van der Waals surface area contributed by atoms with E-state index in [4.69, 9.17) is 10.8 Å². The first-order valence-corrected chi connectivity index (χ1v) is 10.4. The van der Waals surface area contributed by atoms with Crippen LogP contribution < -0.4 is 10.8 Å². The highest BCUT2D eigenvalue weighted by Gasteiger charge is 2.28. The number of carbonyl (C=O) groups is 1. The van der Waals surface area contributed by atoms with E-state index in [2.05, 4.69) is 48.2 Å². The number of imidazole rings is 1. The topological polar surface area (TPSA) is 110 Å². The maximum atomic E-state index is 12.6. The van der Waals surface area contributed by atoms with Crippen LogP contribution in [0.3, 0.4) is 0 Å². The Hall–Kier alpha value is -3.22. The van der Waals surface area contributed by atoms with Crippen molar-refractivity contribution in [2.24, 2.45) is 5.92 Å². The van der Waals surface area contributed by atoms with Crippen molar-refractivity contribution in [1.29, 1.82) is 10.8 Å². The summed E-state index contributed by atoms with van der Waals surface area (Å²) in [6.45, 7) is 6.96. The molecule has 0 bridgehead atoms. The van der Waals surface area contributed by atoms with Gasteiger partial charge in [0.1, 0.15) is 17.1 Å². The molecule has 1 aromatic carbocycles. The molecule has 1 amide bonds. The number of carbonyl (C=O) groups excluding carboxylic acids is 1. The minimum Gasteiger partial charge on any atom is -0.351 e. The molecule has 156 valence electrons. The first kappa shape index (κ1) is 20.1. The number of amides is 1. The van der Waals surface area contributed by atoms with Crippen LogP contribution in [0.2, 0.25) is 0 Å². The zero-order valence-corrected chi connectivity index (χ0v) is 17.7. The van der Waals surface area contributed by atoms with Crippen LogP contribution in [0.25, 0.3) is 11.0 Å². The van der Waals surface area contributed by atoms with Gasteiger partial charge in [0, 0.05) is 25.1 Å². The van der Waals surface area contributed by atoms with E-state index in [1.165, 1.54) is 10.1 Å². The van der Waals surface area contributed by atoms with Crippen LogP contribution in [0.15, 0.2) is 36.5 Å². The summed E-state index contributed by atoms with van der Waals surface area (Å²) in [5.74, 6) is 1.13. The smallest absolute Gasteiger partial charge is 0.255 e. The monoisotopic (exact) mass is 404 g/mol. The maximum absolute atomic E-state index is 12.6. The molecule has 7 heteroatoms.